The van der Waals surface area contributed by atoms with Gasteiger partial charge in [-0.15, -0.1) is 11.3 Å². The van der Waals surface area contributed by atoms with Crippen LogP contribution in [0.5, 0.6) is 0 Å². The number of ether oxygens (including phenoxy) is 1. The van der Waals surface area contributed by atoms with E-state index in [-0.39, 0.29) is 21.6 Å². The van der Waals surface area contributed by atoms with E-state index in [0.29, 0.717) is 0 Å². The molecule has 0 saturated heterocycles. The van der Waals surface area contributed by atoms with E-state index in [1.807, 2.05) is 6.92 Å². The summed E-state index contributed by atoms with van der Waals surface area (Å²) in [6.45, 7) is 7.12. The second kappa shape index (κ2) is 6.72. The van der Waals surface area contributed by atoms with Crippen LogP contribution in [0.15, 0.2) is 35.2 Å². The molecule has 0 spiro atoms. The van der Waals surface area contributed by atoms with Gasteiger partial charge in [0.25, 0.3) is 10.0 Å². The molecule has 0 atom stereocenters. The second-order valence-electron chi connectivity index (χ2n) is 5.36. The highest BCUT2D eigenvalue weighted by molar-refractivity contribution is 7.93. The molecule has 1 heterocycles. The highest BCUT2D eigenvalue weighted by atomic mass is 32.2. The summed E-state index contributed by atoms with van der Waals surface area (Å²) in [6.07, 6.45) is -0.277. The third-order valence-corrected chi connectivity index (χ3v) is 5.83. The van der Waals surface area contributed by atoms with Crippen molar-refractivity contribution in [2.24, 2.45) is 0 Å². The van der Waals surface area contributed by atoms with Gasteiger partial charge in [-0.1, -0.05) is 18.2 Å². The van der Waals surface area contributed by atoms with Gasteiger partial charge in [-0.3, -0.25) is 4.72 Å². The van der Waals surface area contributed by atoms with Crippen LogP contribution in [0.4, 0.5) is 5.00 Å². The molecule has 1 aromatic carbocycles. The Balaban J connectivity index is 2.41. The van der Waals surface area contributed by atoms with E-state index >= 15 is 0 Å². The van der Waals surface area contributed by atoms with Crippen LogP contribution in [-0.2, 0) is 14.8 Å². The molecular formula is C16H19NO4S2. The summed E-state index contributed by atoms with van der Waals surface area (Å²) in [5.74, 6) is -0.521. The normalized spacial score (nSPS) is 11.5. The lowest BCUT2D eigenvalue weighted by atomic mass is 10.1. The molecule has 0 aliphatic rings. The molecule has 0 saturated carbocycles. The van der Waals surface area contributed by atoms with Crippen molar-refractivity contribution in [3.05, 3.63) is 46.3 Å². The molecule has 2 rings (SSSR count). The fourth-order valence-electron chi connectivity index (χ4n) is 2.00. The minimum atomic E-state index is -3.75. The van der Waals surface area contributed by atoms with Crippen LogP contribution in [0.3, 0.4) is 0 Å². The quantitative estimate of drug-likeness (QED) is 0.831. The van der Waals surface area contributed by atoms with Crippen molar-refractivity contribution in [1.29, 1.82) is 0 Å². The van der Waals surface area contributed by atoms with E-state index in [1.165, 1.54) is 23.5 Å². The van der Waals surface area contributed by atoms with E-state index in [1.54, 1.807) is 39.0 Å². The maximum absolute atomic E-state index is 12.5. The SMILES string of the molecule is Cc1sc(NS(=O)(=O)c2ccccc2)c(C(=O)OC(C)C)c1C. The Hall–Kier alpha value is -1.86. The molecule has 0 aliphatic heterocycles. The van der Waals surface area contributed by atoms with Gasteiger partial charge < -0.3 is 4.74 Å². The first kappa shape index (κ1) is 17.5. The Labute approximate surface area is 140 Å². The number of carbonyl (C=O) groups excluding carboxylic acids is 1. The van der Waals surface area contributed by atoms with Crippen molar-refractivity contribution in [3.8, 4) is 0 Å². The summed E-state index contributed by atoms with van der Waals surface area (Å²) >= 11 is 1.23. The van der Waals surface area contributed by atoms with Gasteiger partial charge in [0, 0.05) is 4.88 Å². The zero-order valence-electron chi connectivity index (χ0n) is 13.4. The van der Waals surface area contributed by atoms with Crippen molar-refractivity contribution in [1.82, 2.24) is 0 Å². The van der Waals surface area contributed by atoms with Crippen LogP contribution >= 0.6 is 11.3 Å². The number of carbonyl (C=O) groups is 1. The number of esters is 1. The van der Waals surface area contributed by atoms with Gasteiger partial charge >= 0.3 is 5.97 Å². The molecule has 1 aromatic heterocycles. The van der Waals surface area contributed by atoms with Crippen LogP contribution in [0.1, 0.15) is 34.6 Å². The van der Waals surface area contributed by atoms with Crippen LogP contribution < -0.4 is 4.72 Å². The van der Waals surface area contributed by atoms with Gasteiger partial charge in [0.15, 0.2) is 0 Å². The summed E-state index contributed by atoms with van der Waals surface area (Å²) < 4.78 is 32.7. The number of anilines is 1. The Bertz CT molecular complexity index is 808. The molecule has 7 heteroatoms. The zero-order valence-corrected chi connectivity index (χ0v) is 15.0. The molecule has 0 unspecified atom stereocenters. The van der Waals surface area contributed by atoms with Crippen LogP contribution in [0, 0.1) is 13.8 Å². The first-order chi connectivity index (χ1) is 10.7. The summed E-state index contributed by atoms with van der Waals surface area (Å²) in [5, 5.41) is 0.287. The maximum atomic E-state index is 12.5. The van der Waals surface area contributed by atoms with E-state index in [9.17, 15) is 13.2 Å². The molecule has 0 fully saturated rings. The van der Waals surface area contributed by atoms with Crippen molar-refractivity contribution < 1.29 is 17.9 Å². The topological polar surface area (TPSA) is 72.5 Å². The fraction of sp³-hybridized carbons (Fsp3) is 0.312. The predicted molar refractivity (Wildman–Crippen MR) is 91.6 cm³/mol. The third kappa shape index (κ3) is 3.92. The molecule has 0 bridgehead atoms. The van der Waals surface area contributed by atoms with Gasteiger partial charge in [-0.05, 0) is 45.4 Å². The number of nitrogens with one attached hydrogen (secondary N) is 1. The first-order valence-electron chi connectivity index (χ1n) is 7.11. The Morgan fingerprint density at radius 2 is 1.78 bits per heavy atom. The lowest BCUT2D eigenvalue weighted by Gasteiger charge is -2.11. The number of rotatable bonds is 5. The monoisotopic (exact) mass is 353 g/mol. The minimum absolute atomic E-state index is 0.145. The summed E-state index contributed by atoms with van der Waals surface area (Å²) in [6, 6.07) is 8.04. The van der Waals surface area contributed by atoms with Crippen LogP contribution in [0.25, 0.3) is 0 Å². The van der Waals surface area contributed by atoms with E-state index in [2.05, 4.69) is 4.72 Å². The van der Waals surface area contributed by atoms with Crippen LogP contribution in [-0.4, -0.2) is 20.5 Å². The van der Waals surface area contributed by atoms with Crippen molar-refractivity contribution >= 4 is 32.3 Å². The maximum Gasteiger partial charge on any atom is 0.341 e. The number of benzene rings is 1. The van der Waals surface area contributed by atoms with Crippen LogP contribution in [0.2, 0.25) is 0 Å². The molecule has 1 N–H and O–H groups in total. The average molecular weight is 353 g/mol. The lowest BCUT2D eigenvalue weighted by Crippen LogP contribution is -2.17. The number of hydrogen-bond donors (Lipinski definition) is 1. The second-order valence-corrected chi connectivity index (χ2v) is 8.27. The lowest BCUT2D eigenvalue weighted by molar-refractivity contribution is 0.0379. The van der Waals surface area contributed by atoms with E-state index in [4.69, 9.17) is 4.74 Å². The summed E-state index contributed by atoms with van der Waals surface area (Å²) in [4.78, 5) is 13.3. The largest absolute Gasteiger partial charge is 0.459 e. The average Bonchev–Trinajstić information content (AvgIpc) is 2.73. The van der Waals surface area contributed by atoms with Gasteiger partial charge in [0.1, 0.15) is 5.00 Å². The third-order valence-electron chi connectivity index (χ3n) is 3.21. The number of hydrogen-bond acceptors (Lipinski definition) is 5. The zero-order chi connectivity index (χ0) is 17.2. The first-order valence-corrected chi connectivity index (χ1v) is 9.41. The van der Waals surface area contributed by atoms with Gasteiger partial charge in [-0.2, -0.15) is 0 Å². The van der Waals surface area contributed by atoms with Gasteiger partial charge in [0.05, 0.1) is 16.6 Å². The van der Waals surface area contributed by atoms with Gasteiger partial charge in [0.2, 0.25) is 0 Å². The minimum Gasteiger partial charge on any atom is -0.459 e. The van der Waals surface area contributed by atoms with E-state index in [0.717, 1.165) is 10.4 Å². The van der Waals surface area contributed by atoms with Gasteiger partial charge in [-0.25, -0.2) is 13.2 Å². The highest BCUT2D eigenvalue weighted by Crippen LogP contribution is 2.34. The molecular weight excluding hydrogens is 334 g/mol. The molecule has 5 nitrogen and oxygen atoms in total. The number of thiophene rings is 1. The van der Waals surface area contributed by atoms with E-state index < -0.39 is 16.0 Å². The Kier molecular flexibility index (Phi) is 5.11. The predicted octanol–water partition coefficient (Wildman–Crippen LogP) is 3.73. The standard InChI is InChI=1S/C16H19NO4S2/c1-10(2)21-16(18)14-11(3)12(4)22-15(14)17-23(19,20)13-8-6-5-7-9-13/h5-10,17H,1-4H3. The molecule has 124 valence electrons. The molecule has 0 amide bonds. The smallest absolute Gasteiger partial charge is 0.341 e. The van der Waals surface area contributed by atoms with Crippen molar-refractivity contribution in [2.75, 3.05) is 4.72 Å². The molecule has 23 heavy (non-hydrogen) atoms. The van der Waals surface area contributed by atoms with Crippen molar-refractivity contribution in [3.63, 3.8) is 0 Å². The fourth-order valence-corrected chi connectivity index (χ4v) is 4.37. The summed E-state index contributed by atoms with van der Waals surface area (Å²) in [5.41, 5.74) is 1.01. The highest BCUT2D eigenvalue weighted by Gasteiger charge is 2.25. The summed E-state index contributed by atoms with van der Waals surface area (Å²) in [7, 11) is -3.75. The molecule has 2 aromatic rings. The molecule has 0 radical (unpaired) electrons. The Morgan fingerprint density at radius 1 is 1.17 bits per heavy atom. The van der Waals surface area contributed by atoms with Crippen molar-refractivity contribution in [2.45, 2.75) is 38.7 Å². The molecule has 0 aliphatic carbocycles. The number of sulfonamides is 1. The Morgan fingerprint density at radius 3 is 2.35 bits per heavy atom. The number of aryl methyl sites for hydroxylation is 1.